The summed E-state index contributed by atoms with van der Waals surface area (Å²) in [5.74, 6) is 1.29. The van der Waals surface area contributed by atoms with E-state index in [0.717, 1.165) is 17.1 Å². The zero-order chi connectivity index (χ0) is 19.6. The fourth-order valence-corrected chi connectivity index (χ4v) is 3.77. The molecular weight excluding hydrogens is 407 g/mol. The molecule has 142 valence electrons. The minimum atomic E-state index is -0.409. The number of aryl methyl sites for hydroxylation is 1. The molecule has 0 fully saturated rings. The van der Waals surface area contributed by atoms with Crippen molar-refractivity contribution in [3.63, 3.8) is 0 Å². The van der Waals surface area contributed by atoms with Gasteiger partial charge in [-0.2, -0.15) is 0 Å². The maximum Gasteiger partial charge on any atom is 0.237 e. The summed E-state index contributed by atoms with van der Waals surface area (Å²) in [4.78, 5) is 12.6. The molecule has 0 aliphatic rings. The van der Waals surface area contributed by atoms with Gasteiger partial charge in [-0.05, 0) is 45.0 Å². The maximum absolute atomic E-state index is 12.6. The first-order chi connectivity index (χ1) is 12.9. The Kier molecular flexibility index (Phi) is 6.14. The molecule has 0 radical (unpaired) electrons. The smallest absolute Gasteiger partial charge is 0.237 e. The summed E-state index contributed by atoms with van der Waals surface area (Å²) in [6.45, 7) is 6.35. The number of hydrogen-bond donors (Lipinski definition) is 1. The van der Waals surface area contributed by atoms with Crippen LogP contribution in [-0.4, -0.2) is 25.9 Å². The van der Waals surface area contributed by atoms with Gasteiger partial charge in [0, 0.05) is 11.6 Å². The van der Waals surface area contributed by atoms with Crippen LogP contribution in [0.5, 0.6) is 0 Å². The average molecular weight is 425 g/mol. The van der Waals surface area contributed by atoms with Gasteiger partial charge in [-0.1, -0.05) is 35.0 Å². The Morgan fingerprint density at radius 2 is 2.11 bits per heavy atom. The van der Waals surface area contributed by atoms with E-state index in [9.17, 15) is 4.79 Å². The summed E-state index contributed by atoms with van der Waals surface area (Å²) >= 11 is 13.4. The van der Waals surface area contributed by atoms with Gasteiger partial charge in [0.1, 0.15) is 5.76 Å². The molecular formula is C18H18Cl2N4O2S. The molecule has 0 spiro atoms. The van der Waals surface area contributed by atoms with Crippen molar-refractivity contribution in [3.05, 3.63) is 46.3 Å². The fraction of sp³-hybridized carbons (Fsp3) is 0.278. The van der Waals surface area contributed by atoms with Crippen LogP contribution in [0.2, 0.25) is 10.0 Å². The summed E-state index contributed by atoms with van der Waals surface area (Å²) in [6.07, 6.45) is 1.62. The third kappa shape index (κ3) is 4.31. The van der Waals surface area contributed by atoms with Crippen molar-refractivity contribution in [2.24, 2.45) is 0 Å². The number of anilines is 1. The molecule has 3 aromatic rings. The molecule has 0 bridgehead atoms. The van der Waals surface area contributed by atoms with E-state index in [4.69, 9.17) is 27.6 Å². The minimum Gasteiger partial charge on any atom is -0.469 e. The molecule has 0 saturated heterocycles. The number of halogens is 2. The van der Waals surface area contributed by atoms with Gasteiger partial charge in [0.05, 0.1) is 27.8 Å². The van der Waals surface area contributed by atoms with Crippen molar-refractivity contribution in [1.82, 2.24) is 14.8 Å². The molecule has 1 unspecified atom stereocenters. The summed E-state index contributed by atoms with van der Waals surface area (Å²) in [7, 11) is 0. The first kappa shape index (κ1) is 19.8. The molecule has 0 aliphatic heterocycles. The Morgan fingerprint density at radius 3 is 2.78 bits per heavy atom. The Hall–Kier alpha value is -1.96. The van der Waals surface area contributed by atoms with Crippen LogP contribution in [-0.2, 0) is 11.3 Å². The van der Waals surface area contributed by atoms with E-state index >= 15 is 0 Å². The van der Waals surface area contributed by atoms with Gasteiger partial charge in [0.15, 0.2) is 11.0 Å². The Bertz CT molecular complexity index is 970. The lowest BCUT2D eigenvalue weighted by molar-refractivity contribution is -0.115. The zero-order valence-corrected chi connectivity index (χ0v) is 17.3. The van der Waals surface area contributed by atoms with Gasteiger partial charge < -0.3 is 14.3 Å². The molecule has 2 heterocycles. The molecule has 2 aromatic heterocycles. The highest BCUT2D eigenvalue weighted by Gasteiger charge is 2.22. The molecule has 0 aliphatic carbocycles. The van der Waals surface area contributed by atoms with E-state index in [0.29, 0.717) is 27.4 Å². The predicted molar refractivity (Wildman–Crippen MR) is 109 cm³/mol. The van der Waals surface area contributed by atoms with Crippen molar-refractivity contribution in [1.29, 1.82) is 0 Å². The number of furan rings is 1. The number of benzene rings is 1. The summed E-state index contributed by atoms with van der Waals surface area (Å²) in [6, 6.07) is 6.79. The third-order valence-corrected chi connectivity index (χ3v) is 5.62. The number of nitrogens with one attached hydrogen (secondary N) is 1. The van der Waals surface area contributed by atoms with Gasteiger partial charge in [-0.3, -0.25) is 4.79 Å². The first-order valence-electron chi connectivity index (χ1n) is 8.31. The fourth-order valence-electron chi connectivity index (χ4n) is 2.52. The lowest BCUT2D eigenvalue weighted by Crippen LogP contribution is -2.23. The second-order valence-electron chi connectivity index (χ2n) is 5.81. The van der Waals surface area contributed by atoms with Gasteiger partial charge in [0.2, 0.25) is 5.91 Å². The number of nitrogens with zero attached hydrogens (tertiary/aromatic N) is 3. The van der Waals surface area contributed by atoms with Crippen LogP contribution in [0.15, 0.2) is 40.1 Å². The number of thioether (sulfide) groups is 1. The summed E-state index contributed by atoms with van der Waals surface area (Å²) < 4.78 is 7.32. The van der Waals surface area contributed by atoms with Crippen LogP contribution in [0.25, 0.3) is 11.4 Å². The third-order valence-electron chi connectivity index (χ3n) is 3.97. The summed E-state index contributed by atoms with van der Waals surface area (Å²) in [5, 5.41) is 12.5. The zero-order valence-electron chi connectivity index (χ0n) is 15.0. The lowest BCUT2D eigenvalue weighted by atomic mass is 10.2. The van der Waals surface area contributed by atoms with Crippen molar-refractivity contribution in [2.45, 2.75) is 37.7 Å². The number of carbonyl (C=O) groups is 1. The topological polar surface area (TPSA) is 73.0 Å². The van der Waals surface area contributed by atoms with Gasteiger partial charge in [0.25, 0.3) is 0 Å². The van der Waals surface area contributed by atoms with E-state index in [1.54, 1.807) is 31.4 Å². The SMILES string of the molecule is CCn1c(SC(C)C(=O)Nc2cc(Cl)ccc2Cl)nnc1-c1ccoc1C. The van der Waals surface area contributed by atoms with Crippen LogP contribution >= 0.6 is 35.0 Å². The van der Waals surface area contributed by atoms with Crippen LogP contribution in [0.3, 0.4) is 0 Å². The molecule has 9 heteroatoms. The highest BCUT2D eigenvalue weighted by molar-refractivity contribution is 8.00. The van der Waals surface area contributed by atoms with Gasteiger partial charge >= 0.3 is 0 Å². The lowest BCUT2D eigenvalue weighted by Gasteiger charge is -2.13. The molecule has 1 amide bonds. The minimum absolute atomic E-state index is 0.198. The molecule has 1 aromatic carbocycles. The van der Waals surface area contributed by atoms with E-state index < -0.39 is 5.25 Å². The van der Waals surface area contributed by atoms with E-state index in [1.807, 2.05) is 24.5 Å². The van der Waals surface area contributed by atoms with Crippen LogP contribution < -0.4 is 5.32 Å². The van der Waals surface area contributed by atoms with E-state index in [-0.39, 0.29) is 5.91 Å². The van der Waals surface area contributed by atoms with E-state index in [2.05, 4.69) is 15.5 Å². The summed E-state index contributed by atoms with van der Waals surface area (Å²) in [5.41, 5.74) is 1.37. The number of amides is 1. The number of hydrogen-bond acceptors (Lipinski definition) is 5. The Labute approximate surface area is 171 Å². The van der Waals surface area contributed by atoms with E-state index in [1.165, 1.54) is 11.8 Å². The second-order valence-corrected chi connectivity index (χ2v) is 7.97. The molecule has 1 atom stereocenters. The molecule has 3 rings (SSSR count). The molecule has 6 nitrogen and oxygen atoms in total. The normalized spacial score (nSPS) is 12.2. The predicted octanol–water partition coefficient (Wildman–Crippen LogP) is 5.29. The van der Waals surface area contributed by atoms with Crippen molar-refractivity contribution >= 4 is 46.6 Å². The monoisotopic (exact) mass is 424 g/mol. The van der Waals surface area contributed by atoms with Crippen molar-refractivity contribution in [3.8, 4) is 11.4 Å². The Balaban J connectivity index is 1.77. The standard InChI is InChI=1S/C18H18Cl2N4O2S/c1-4-24-16(13-7-8-26-10(13)2)22-23-18(24)27-11(3)17(25)21-15-9-12(19)5-6-14(15)20/h5-9,11H,4H2,1-3H3,(H,21,25). The van der Waals surface area contributed by atoms with Crippen LogP contribution in [0.1, 0.15) is 19.6 Å². The van der Waals surface area contributed by atoms with Crippen LogP contribution in [0.4, 0.5) is 5.69 Å². The highest BCUT2D eigenvalue weighted by Crippen LogP contribution is 2.30. The Morgan fingerprint density at radius 1 is 1.33 bits per heavy atom. The van der Waals surface area contributed by atoms with Crippen LogP contribution in [0, 0.1) is 6.92 Å². The molecule has 27 heavy (non-hydrogen) atoms. The first-order valence-corrected chi connectivity index (χ1v) is 9.94. The maximum atomic E-state index is 12.6. The molecule has 0 saturated carbocycles. The largest absolute Gasteiger partial charge is 0.469 e. The molecule has 1 N–H and O–H groups in total. The highest BCUT2D eigenvalue weighted by atomic mass is 35.5. The average Bonchev–Trinajstić information content (AvgIpc) is 3.23. The second kappa shape index (κ2) is 8.37. The number of rotatable bonds is 6. The quantitative estimate of drug-likeness (QED) is 0.543. The number of carbonyl (C=O) groups excluding carboxylic acids is 1. The van der Waals surface area contributed by atoms with Gasteiger partial charge in [-0.15, -0.1) is 10.2 Å². The number of aromatic nitrogens is 3. The van der Waals surface area contributed by atoms with Gasteiger partial charge in [-0.25, -0.2) is 0 Å². The van der Waals surface area contributed by atoms with Crippen molar-refractivity contribution in [2.75, 3.05) is 5.32 Å². The van der Waals surface area contributed by atoms with Crippen molar-refractivity contribution < 1.29 is 9.21 Å².